The maximum atomic E-state index is 5.81. The third-order valence-corrected chi connectivity index (χ3v) is 4.00. The number of nitrogens with zero attached hydrogens (tertiary/aromatic N) is 3. The van der Waals surface area contributed by atoms with Crippen molar-refractivity contribution in [3.05, 3.63) is 34.2 Å². The molecule has 0 saturated carbocycles. The van der Waals surface area contributed by atoms with Crippen LogP contribution in [0.4, 0.5) is 0 Å². The summed E-state index contributed by atoms with van der Waals surface area (Å²) in [6.07, 6.45) is 4.70. The van der Waals surface area contributed by atoms with Crippen LogP contribution in [0, 0.1) is 3.57 Å². The molecule has 0 N–H and O–H groups in total. The van der Waals surface area contributed by atoms with Crippen molar-refractivity contribution in [2.24, 2.45) is 0 Å². The number of halogens is 1. The van der Waals surface area contributed by atoms with E-state index in [0.717, 1.165) is 30.8 Å². The van der Waals surface area contributed by atoms with Crippen molar-refractivity contribution < 1.29 is 4.74 Å². The minimum Gasteiger partial charge on any atom is -0.373 e. The van der Waals surface area contributed by atoms with Gasteiger partial charge in [0, 0.05) is 9.13 Å². The van der Waals surface area contributed by atoms with Crippen LogP contribution in [0.5, 0.6) is 0 Å². The Morgan fingerprint density at radius 1 is 1.42 bits per heavy atom. The maximum absolute atomic E-state index is 5.81. The summed E-state index contributed by atoms with van der Waals surface area (Å²) in [5, 5.41) is 4.53. The Labute approximate surface area is 126 Å². The first-order valence-corrected chi connectivity index (χ1v) is 7.59. The molecule has 2 unspecified atom stereocenters. The third-order valence-electron chi connectivity index (χ3n) is 3.33. The van der Waals surface area contributed by atoms with Gasteiger partial charge in [0.25, 0.3) is 0 Å². The van der Waals surface area contributed by atoms with Gasteiger partial charge in [0.2, 0.25) is 0 Å². The van der Waals surface area contributed by atoms with Crippen LogP contribution in [-0.2, 0) is 11.3 Å². The molecule has 3 rings (SSSR count). The predicted octanol–water partition coefficient (Wildman–Crippen LogP) is 3.12. The molecule has 5 heteroatoms. The normalized spacial score (nSPS) is 22.8. The fraction of sp³-hybridized carbons (Fsp3) is 0.429. The first-order valence-electron chi connectivity index (χ1n) is 6.51. The summed E-state index contributed by atoms with van der Waals surface area (Å²) in [6.45, 7) is 2.92. The van der Waals surface area contributed by atoms with Gasteiger partial charge >= 0.3 is 0 Å². The van der Waals surface area contributed by atoms with Gasteiger partial charge in [-0.15, -0.1) is 0 Å². The topological polar surface area (TPSA) is 39.9 Å². The van der Waals surface area contributed by atoms with Gasteiger partial charge in [-0.1, -0.05) is 12.1 Å². The molecule has 2 atom stereocenters. The molecule has 2 aromatic rings. The van der Waals surface area contributed by atoms with Crippen LogP contribution in [0.15, 0.2) is 30.6 Å². The van der Waals surface area contributed by atoms with E-state index in [1.54, 1.807) is 6.33 Å². The third kappa shape index (κ3) is 3.14. The van der Waals surface area contributed by atoms with E-state index in [9.17, 15) is 0 Å². The van der Waals surface area contributed by atoms with E-state index in [1.165, 1.54) is 3.57 Å². The number of hydrogen-bond acceptors (Lipinski definition) is 3. The molecular formula is C14H16IN3O. The molecule has 0 radical (unpaired) electrons. The summed E-state index contributed by atoms with van der Waals surface area (Å²) in [6, 6.07) is 8.22. The van der Waals surface area contributed by atoms with Gasteiger partial charge in [0.15, 0.2) is 5.82 Å². The maximum Gasteiger partial charge on any atom is 0.181 e. The first-order chi connectivity index (χ1) is 9.20. The Morgan fingerprint density at radius 3 is 3.05 bits per heavy atom. The van der Waals surface area contributed by atoms with Crippen molar-refractivity contribution in [3.8, 4) is 11.4 Å². The zero-order chi connectivity index (χ0) is 13.2. The van der Waals surface area contributed by atoms with Gasteiger partial charge in [0.1, 0.15) is 6.33 Å². The standard InChI is InChI=1S/C14H16IN3O/c1-10-5-6-13(19-10)8-18-9-16-14(17-18)11-3-2-4-12(15)7-11/h2-4,7,9-10,13H,5-6,8H2,1H3. The monoisotopic (exact) mass is 369 g/mol. The molecule has 4 nitrogen and oxygen atoms in total. The minimum atomic E-state index is 0.278. The van der Waals surface area contributed by atoms with Crippen LogP contribution in [0.25, 0.3) is 11.4 Å². The van der Waals surface area contributed by atoms with Crippen molar-refractivity contribution >= 4 is 22.6 Å². The second-order valence-corrected chi connectivity index (χ2v) is 6.19. The Bertz CT molecular complexity index is 569. The molecule has 1 aliphatic rings. The summed E-state index contributed by atoms with van der Waals surface area (Å²) < 4.78 is 8.89. The van der Waals surface area contributed by atoms with Crippen LogP contribution in [0.3, 0.4) is 0 Å². The highest BCUT2D eigenvalue weighted by molar-refractivity contribution is 14.1. The predicted molar refractivity (Wildman–Crippen MR) is 81.7 cm³/mol. The number of benzene rings is 1. The van der Waals surface area contributed by atoms with Crippen molar-refractivity contribution in [3.63, 3.8) is 0 Å². The number of rotatable bonds is 3. The van der Waals surface area contributed by atoms with E-state index >= 15 is 0 Å². The van der Waals surface area contributed by atoms with E-state index in [1.807, 2.05) is 16.8 Å². The number of aromatic nitrogens is 3. The highest BCUT2D eigenvalue weighted by Gasteiger charge is 2.22. The quantitative estimate of drug-likeness (QED) is 0.781. The summed E-state index contributed by atoms with van der Waals surface area (Å²) in [7, 11) is 0. The second-order valence-electron chi connectivity index (χ2n) is 4.95. The Kier molecular flexibility index (Phi) is 3.83. The van der Waals surface area contributed by atoms with Crippen molar-refractivity contribution in [1.82, 2.24) is 14.8 Å². The molecule has 1 saturated heterocycles. The lowest BCUT2D eigenvalue weighted by atomic mass is 10.2. The minimum absolute atomic E-state index is 0.278. The van der Waals surface area contributed by atoms with Gasteiger partial charge < -0.3 is 4.74 Å². The molecule has 0 bridgehead atoms. The van der Waals surface area contributed by atoms with Crippen LogP contribution >= 0.6 is 22.6 Å². The summed E-state index contributed by atoms with van der Waals surface area (Å²) in [5.74, 6) is 0.782. The highest BCUT2D eigenvalue weighted by Crippen LogP contribution is 2.21. The first kappa shape index (κ1) is 13.1. The smallest absolute Gasteiger partial charge is 0.181 e. The van der Waals surface area contributed by atoms with Crippen LogP contribution in [0.2, 0.25) is 0 Å². The molecular weight excluding hydrogens is 353 g/mol. The lowest BCUT2D eigenvalue weighted by Crippen LogP contribution is -2.16. The van der Waals surface area contributed by atoms with Gasteiger partial charge in [0.05, 0.1) is 18.8 Å². The molecule has 1 aliphatic heterocycles. The van der Waals surface area contributed by atoms with Crippen molar-refractivity contribution in [2.45, 2.75) is 38.5 Å². The van der Waals surface area contributed by atoms with Gasteiger partial charge in [-0.05, 0) is 54.5 Å². The lowest BCUT2D eigenvalue weighted by molar-refractivity contribution is 0.0437. The number of hydrogen-bond donors (Lipinski definition) is 0. The van der Waals surface area contributed by atoms with E-state index in [0.29, 0.717) is 6.10 Å². The Balaban J connectivity index is 1.73. The fourth-order valence-electron chi connectivity index (χ4n) is 2.37. The zero-order valence-corrected chi connectivity index (χ0v) is 12.9. The van der Waals surface area contributed by atoms with Crippen LogP contribution < -0.4 is 0 Å². The Hall–Kier alpha value is -0.950. The lowest BCUT2D eigenvalue weighted by Gasteiger charge is -2.10. The largest absolute Gasteiger partial charge is 0.373 e. The molecule has 0 spiro atoms. The van der Waals surface area contributed by atoms with E-state index in [2.05, 4.69) is 51.7 Å². The molecule has 100 valence electrons. The van der Waals surface area contributed by atoms with Crippen LogP contribution in [0.1, 0.15) is 19.8 Å². The van der Waals surface area contributed by atoms with E-state index in [-0.39, 0.29) is 6.10 Å². The summed E-state index contributed by atoms with van der Waals surface area (Å²) in [4.78, 5) is 4.38. The second kappa shape index (κ2) is 5.58. The fourth-order valence-corrected chi connectivity index (χ4v) is 2.91. The van der Waals surface area contributed by atoms with Gasteiger partial charge in [-0.25, -0.2) is 9.67 Å². The van der Waals surface area contributed by atoms with E-state index < -0.39 is 0 Å². The molecule has 1 aromatic carbocycles. The molecule has 1 fully saturated rings. The van der Waals surface area contributed by atoms with Crippen molar-refractivity contribution in [2.75, 3.05) is 0 Å². The molecule has 19 heavy (non-hydrogen) atoms. The van der Waals surface area contributed by atoms with Gasteiger partial charge in [-0.2, -0.15) is 5.10 Å². The number of ether oxygens (including phenoxy) is 1. The van der Waals surface area contributed by atoms with Crippen LogP contribution in [-0.4, -0.2) is 27.0 Å². The average Bonchev–Trinajstić information content (AvgIpc) is 2.99. The average molecular weight is 369 g/mol. The zero-order valence-electron chi connectivity index (χ0n) is 10.8. The van der Waals surface area contributed by atoms with E-state index in [4.69, 9.17) is 4.74 Å². The molecule has 1 aromatic heterocycles. The summed E-state index contributed by atoms with van der Waals surface area (Å²) >= 11 is 2.30. The van der Waals surface area contributed by atoms with Gasteiger partial charge in [-0.3, -0.25) is 0 Å². The molecule has 0 amide bonds. The molecule has 0 aliphatic carbocycles. The van der Waals surface area contributed by atoms with Crippen molar-refractivity contribution in [1.29, 1.82) is 0 Å². The Morgan fingerprint density at radius 2 is 2.32 bits per heavy atom. The molecule has 2 heterocycles. The highest BCUT2D eigenvalue weighted by atomic mass is 127. The summed E-state index contributed by atoms with van der Waals surface area (Å²) in [5.41, 5.74) is 1.06. The SMILES string of the molecule is CC1CCC(Cn2cnc(-c3cccc(I)c3)n2)O1.